The van der Waals surface area contributed by atoms with Crippen LogP contribution in [-0.4, -0.2) is 41.4 Å². The van der Waals surface area contributed by atoms with E-state index in [1.54, 1.807) is 17.7 Å². The zero-order chi connectivity index (χ0) is 16.7. The van der Waals surface area contributed by atoms with Crippen molar-refractivity contribution in [2.75, 3.05) is 25.5 Å². The van der Waals surface area contributed by atoms with Crippen molar-refractivity contribution in [3.63, 3.8) is 0 Å². The molecule has 2 aliphatic rings. The van der Waals surface area contributed by atoms with Crippen molar-refractivity contribution in [1.82, 2.24) is 14.9 Å². The Hall–Kier alpha value is -1.69. The van der Waals surface area contributed by atoms with Gasteiger partial charge in [-0.1, -0.05) is 12.8 Å². The van der Waals surface area contributed by atoms with Crippen LogP contribution in [0.1, 0.15) is 42.5 Å². The molecule has 4 rings (SSSR count). The molecule has 1 aliphatic carbocycles. The van der Waals surface area contributed by atoms with Gasteiger partial charge >= 0.3 is 0 Å². The molecule has 0 aromatic carbocycles. The highest BCUT2D eigenvalue weighted by atomic mass is 32.1. The second-order valence-corrected chi connectivity index (χ2v) is 8.28. The molecule has 24 heavy (non-hydrogen) atoms. The van der Waals surface area contributed by atoms with Crippen LogP contribution in [0.2, 0.25) is 0 Å². The quantitative estimate of drug-likeness (QED) is 0.858. The highest BCUT2D eigenvalue weighted by Crippen LogP contribution is 2.38. The highest BCUT2D eigenvalue weighted by molar-refractivity contribution is 7.19. The fourth-order valence-electron chi connectivity index (χ4n) is 4.05. The van der Waals surface area contributed by atoms with Gasteiger partial charge in [0.25, 0.3) is 0 Å². The molecular formula is C18H24N4OS. The molecule has 1 fully saturated rings. The Labute approximate surface area is 146 Å². The zero-order valence-corrected chi connectivity index (χ0v) is 15.2. The van der Waals surface area contributed by atoms with Gasteiger partial charge in [0.2, 0.25) is 5.91 Å². The van der Waals surface area contributed by atoms with Crippen molar-refractivity contribution in [2.45, 2.75) is 45.1 Å². The number of nitrogens with zero attached hydrogens (tertiary/aromatic N) is 4. The molecule has 0 saturated heterocycles. The third-order valence-corrected chi connectivity index (χ3v) is 6.46. The van der Waals surface area contributed by atoms with Gasteiger partial charge in [0.15, 0.2) is 0 Å². The van der Waals surface area contributed by atoms with E-state index in [2.05, 4.69) is 19.8 Å². The summed E-state index contributed by atoms with van der Waals surface area (Å²) in [4.78, 5) is 28.0. The number of rotatable bonds is 3. The molecule has 3 heterocycles. The van der Waals surface area contributed by atoms with Crippen LogP contribution >= 0.6 is 11.3 Å². The predicted molar refractivity (Wildman–Crippen MR) is 97.4 cm³/mol. The Bertz CT molecular complexity index is 764. The van der Waals surface area contributed by atoms with E-state index in [0.29, 0.717) is 11.8 Å². The van der Waals surface area contributed by atoms with E-state index in [9.17, 15) is 4.79 Å². The van der Waals surface area contributed by atoms with Crippen LogP contribution in [0.25, 0.3) is 10.2 Å². The van der Waals surface area contributed by atoms with Crippen LogP contribution in [0.15, 0.2) is 6.33 Å². The number of hydrogen-bond acceptors (Lipinski definition) is 5. The highest BCUT2D eigenvalue weighted by Gasteiger charge is 2.28. The number of carbonyl (C=O) groups excluding carboxylic acids is 1. The van der Waals surface area contributed by atoms with Crippen molar-refractivity contribution in [3.8, 4) is 0 Å². The summed E-state index contributed by atoms with van der Waals surface area (Å²) in [7, 11) is 4.04. The molecule has 0 atom stereocenters. The predicted octanol–water partition coefficient (Wildman–Crippen LogP) is 3.22. The smallest absolute Gasteiger partial charge is 0.223 e. The van der Waals surface area contributed by atoms with Gasteiger partial charge in [-0.25, -0.2) is 9.97 Å². The average Bonchev–Trinajstić information content (AvgIpc) is 3.20. The minimum Gasteiger partial charge on any atom is -0.362 e. The van der Waals surface area contributed by atoms with Gasteiger partial charge in [0, 0.05) is 31.9 Å². The maximum absolute atomic E-state index is 12.6. The summed E-state index contributed by atoms with van der Waals surface area (Å²) in [5.41, 5.74) is 1.35. The molecule has 0 N–H and O–H groups in total. The lowest BCUT2D eigenvalue weighted by atomic mass is 10.0. The van der Waals surface area contributed by atoms with Gasteiger partial charge in [0.1, 0.15) is 17.0 Å². The SMILES string of the molecule is CN(C)c1ncnc2sc3c(c12)CCN(C(=O)CC1CCCC1)C3. The minimum absolute atomic E-state index is 0.337. The summed E-state index contributed by atoms with van der Waals surface area (Å²) in [6.07, 6.45) is 8.35. The first-order chi connectivity index (χ1) is 11.6. The Kier molecular flexibility index (Phi) is 4.16. The molecule has 2 aromatic heterocycles. The lowest BCUT2D eigenvalue weighted by Gasteiger charge is -2.28. The maximum Gasteiger partial charge on any atom is 0.223 e. The number of thiophene rings is 1. The van der Waals surface area contributed by atoms with E-state index in [1.165, 1.54) is 41.5 Å². The molecule has 1 amide bonds. The first kappa shape index (κ1) is 15.8. The lowest BCUT2D eigenvalue weighted by Crippen LogP contribution is -2.36. The topological polar surface area (TPSA) is 49.3 Å². The second kappa shape index (κ2) is 6.31. The number of aromatic nitrogens is 2. The number of hydrogen-bond donors (Lipinski definition) is 0. The van der Waals surface area contributed by atoms with E-state index < -0.39 is 0 Å². The summed E-state index contributed by atoms with van der Waals surface area (Å²) >= 11 is 1.72. The van der Waals surface area contributed by atoms with E-state index in [0.717, 1.165) is 36.6 Å². The Balaban J connectivity index is 1.58. The molecule has 0 spiro atoms. The number of carbonyl (C=O) groups is 1. The van der Waals surface area contributed by atoms with Crippen LogP contribution < -0.4 is 4.90 Å². The van der Waals surface area contributed by atoms with Crippen LogP contribution in [0.4, 0.5) is 5.82 Å². The Morgan fingerprint density at radius 3 is 2.88 bits per heavy atom. The van der Waals surface area contributed by atoms with Crippen molar-refractivity contribution in [1.29, 1.82) is 0 Å². The molecule has 5 nitrogen and oxygen atoms in total. The third kappa shape index (κ3) is 2.77. The van der Waals surface area contributed by atoms with Crippen LogP contribution in [0.3, 0.4) is 0 Å². The number of fused-ring (bicyclic) bond motifs is 3. The lowest BCUT2D eigenvalue weighted by molar-refractivity contribution is -0.133. The van der Waals surface area contributed by atoms with Crippen LogP contribution in [-0.2, 0) is 17.8 Å². The standard InChI is InChI=1S/C18H24N4OS/c1-21(2)17-16-13-7-8-22(15(23)9-12-5-3-4-6-12)10-14(13)24-18(16)20-11-19-17/h11-12H,3-10H2,1-2H3. The number of anilines is 1. The number of amides is 1. The van der Waals surface area contributed by atoms with Gasteiger partial charge in [-0.15, -0.1) is 11.3 Å². The summed E-state index contributed by atoms with van der Waals surface area (Å²) in [5.74, 6) is 1.94. The third-order valence-electron chi connectivity index (χ3n) is 5.33. The molecule has 1 saturated carbocycles. The van der Waals surface area contributed by atoms with Gasteiger partial charge < -0.3 is 9.80 Å². The van der Waals surface area contributed by atoms with Gasteiger partial charge in [-0.05, 0) is 30.7 Å². The first-order valence-electron chi connectivity index (χ1n) is 8.84. The van der Waals surface area contributed by atoms with E-state index >= 15 is 0 Å². The fourth-order valence-corrected chi connectivity index (χ4v) is 5.25. The molecule has 128 valence electrons. The summed E-state index contributed by atoms with van der Waals surface area (Å²) in [6, 6.07) is 0. The summed E-state index contributed by atoms with van der Waals surface area (Å²) in [6.45, 7) is 1.57. The Morgan fingerprint density at radius 1 is 1.33 bits per heavy atom. The molecular weight excluding hydrogens is 320 g/mol. The summed E-state index contributed by atoms with van der Waals surface area (Å²) in [5, 5.41) is 1.19. The first-order valence-corrected chi connectivity index (χ1v) is 9.65. The van der Waals surface area contributed by atoms with Gasteiger partial charge in [-0.3, -0.25) is 4.79 Å². The van der Waals surface area contributed by atoms with Crippen molar-refractivity contribution >= 4 is 33.3 Å². The fraction of sp³-hybridized carbons (Fsp3) is 0.611. The largest absolute Gasteiger partial charge is 0.362 e. The molecule has 0 unspecified atom stereocenters. The normalized spacial score (nSPS) is 18.2. The monoisotopic (exact) mass is 344 g/mol. The van der Waals surface area contributed by atoms with Crippen LogP contribution in [0.5, 0.6) is 0 Å². The summed E-state index contributed by atoms with van der Waals surface area (Å²) < 4.78 is 0. The Morgan fingerprint density at radius 2 is 2.12 bits per heavy atom. The minimum atomic E-state index is 0.337. The van der Waals surface area contributed by atoms with E-state index in [1.807, 2.05) is 14.1 Å². The molecule has 2 aromatic rings. The molecule has 0 radical (unpaired) electrons. The van der Waals surface area contributed by atoms with Crippen molar-refractivity contribution in [2.24, 2.45) is 5.92 Å². The van der Waals surface area contributed by atoms with Crippen LogP contribution in [0, 0.1) is 5.92 Å². The average molecular weight is 344 g/mol. The van der Waals surface area contributed by atoms with Crippen molar-refractivity contribution < 1.29 is 4.79 Å². The van der Waals surface area contributed by atoms with Crippen molar-refractivity contribution in [3.05, 3.63) is 16.8 Å². The molecule has 6 heteroatoms. The second-order valence-electron chi connectivity index (χ2n) is 7.20. The van der Waals surface area contributed by atoms with Gasteiger partial charge in [0.05, 0.1) is 11.9 Å². The molecule has 0 bridgehead atoms. The molecule has 1 aliphatic heterocycles. The maximum atomic E-state index is 12.6. The van der Waals surface area contributed by atoms with E-state index in [4.69, 9.17) is 0 Å². The van der Waals surface area contributed by atoms with E-state index in [-0.39, 0.29) is 0 Å². The zero-order valence-electron chi connectivity index (χ0n) is 14.4. The van der Waals surface area contributed by atoms with Gasteiger partial charge in [-0.2, -0.15) is 0 Å².